The molecule has 0 unspecified atom stereocenters. The third-order valence-corrected chi connectivity index (χ3v) is 6.33. The second kappa shape index (κ2) is 8.67. The molecular weight excluding hydrogens is 340 g/mol. The Kier molecular flexibility index (Phi) is 6.84. The average molecular weight is 368 g/mol. The fraction of sp³-hybridized carbons (Fsp3) is 0.611. The largest absolute Gasteiger partial charge is 0.491 e. The molecule has 2 atom stereocenters. The molecule has 1 amide bonds. The van der Waals surface area contributed by atoms with Crippen LogP contribution in [0.2, 0.25) is 0 Å². The Bertz CT molecular complexity index is 690. The number of ether oxygens (including phenoxy) is 1. The number of nitrogens with zero attached hydrogens (tertiary/aromatic N) is 1. The summed E-state index contributed by atoms with van der Waals surface area (Å²) in [4.78, 5) is 12.5. The number of aryl methyl sites for hydroxylation is 1. The van der Waals surface area contributed by atoms with E-state index in [9.17, 15) is 13.2 Å². The van der Waals surface area contributed by atoms with E-state index in [0.717, 1.165) is 11.3 Å². The number of hydrogen-bond acceptors (Lipinski definition) is 4. The fourth-order valence-corrected chi connectivity index (χ4v) is 4.11. The molecular formula is C18H28N2O4S. The molecule has 1 aliphatic rings. The number of carbonyl (C=O) groups is 1. The highest BCUT2D eigenvalue weighted by Gasteiger charge is 2.31. The summed E-state index contributed by atoms with van der Waals surface area (Å²) in [5.74, 6) is 0.483. The Morgan fingerprint density at radius 2 is 2.12 bits per heavy atom. The number of rotatable bonds is 7. The van der Waals surface area contributed by atoms with E-state index in [0.29, 0.717) is 26.0 Å². The highest BCUT2D eigenvalue weighted by atomic mass is 32.2. The van der Waals surface area contributed by atoms with Gasteiger partial charge in [-0.15, -0.1) is 0 Å². The minimum absolute atomic E-state index is 0.0714. The van der Waals surface area contributed by atoms with E-state index in [-0.39, 0.29) is 30.2 Å². The van der Waals surface area contributed by atoms with Gasteiger partial charge in [-0.05, 0) is 45.2 Å². The summed E-state index contributed by atoms with van der Waals surface area (Å²) in [6.07, 6.45) is 1.43. The van der Waals surface area contributed by atoms with Crippen molar-refractivity contribution in [3.05, 3.63) is 29.8 Å². The van der Waals surface area contributed by atoms with Crippen molar-refractivity contribution in [2.75, 3.05) is 25.4 Å². The normalized spacial score (nSPS) is 20.0. The van der Waals surface area contributed by atoms with Gasteiger partial charge in [-0.1, -0.05) is 18.2 Å². The first-order chi connectivity index (χ1) is 11.8. The van der Waals surface area contributed by atoms with Gasteiger partial charge in [0.15, 0.2) is 0 Å². The Balaban J connectivity index is 1.85. The van der Waals surface area contributed by atoms with E-state index in [2.05, 4.69) is 5.32 Å². The van der Waals surface area contributed by atoms with Gasteiger partial charge in [-0.25, -0.2) is 12.7 Å². The minimum atomic E-state index is -3.24. The van der Waals surface area contributed by atoms with E-state index in [4.69, 9.17) is 4.74 Å². The van der Waals surface area contributed by atoms with Crippen LogP contribution in [0.4, 0.5) is 0 Å². The summed E-state index contributed by atoms with van der Waals surface area (Å²) in [6.45, 7) is 6.65. The molecule has 140 valence electrons. The number of benzene rings is 1. The molecule has 0 bridgehead atoms. The molecule has 0 aliphatic carbocycles. The molecule has 0 aromatic heterocycles. The second-order valence-corrected chi connectivity index (χ2v) is 8.84. The van der Waals surface area contributed by atoms with Gasteiger partial charge in [0.25, 0.3) is 0 Å². The maximum absolute atomic E-state index is 12.5. The molecule has 7 heteroatoms. The summed E-state index contributed by atoms with van der Waals surface area (Å²) in [5, 5.41) is 2.94. The Labute approximate surface area is 150 Å². The number of piperidine rings is 1. The van der Waals surface area contributed by atoms with Crippen molar-refractivity contribution in [2.45, 2.75) is 39.7 Å². The van der Waals surface area contributed by atoms with E-state index < -0.39 is 10.0 Å². The van der Waals surface area contributed by atoms with Gasteiger partial charge in [0, 0.05) is 13.1 Å². The molecule has 6 nitrogen and oxygen atoms in total. The molecule has 0 radical (unpaired) electrons. The van der Waals surface area contributed by atoms with Crippen molar-refractivity contribution < 1.29 is 17.9 Å². The number of para-hydroxylation sites is 1. The van der Waals surface area contributed by atoms with E-state index in [1.165, 1.54) is 4.31 Å². The Morgan fingerprint density at radius 1 is 1.40 bits per heavy atom. The molecule has 25 heavy (non-hydrogen) atoms. The zero-order chi connectivity index (χ0) is 18.4. The van der Waals surface area contributed by atoms with Crippen molar-refractivity contribution in [1.29, 1.82) is 0 Å². The second-order valence-electron chi connectivity index (χ2n) is 6.58. The smallest absolute Gasteiger partial charge is 0.224 e. The molecule has 1 N–H and O–H groups in total. The summed E-state index contributed by atoms with van der Waals surface area (Å²) in [6, 6.07) is 7.59. The first-order valence-electron chi connectivity index (χ1n) is 8.80. The molecule has 0 saturated carbocycles. The number of sulfonamides is 1. The quantitative estimate of drug-likeness (QED) is 0.798. The molecule has 1 aliphatic heterocycles. The monoisotopic (exact) mass is 368 g/mol. The lowest BCUT2D eigenvalue weighted by Gasteiger charge is -2.31. The van der Waals surface area contributed by atoms with Gasteiger partial charge < -0.3 is 10.1 Å². The number of carbonyl (C=O) groups excluding carboxylic acids is 1. The van der Waals surface area contributed by atoms with Crippen molar-refractivity contribution in [2.24, 2.45) is 5.92 Å². The number of amides is 1. The molecule has 1 fully saturated rings. The Morgan fingerprint density at radius 3 is 2.80 bits per heavy atom. The van der Waals surface area contributed by atoms with Gasteiger partial charge in [-0.3, -0.25) is 4.79 Å². The van der Waals surface area contributed by atoms with E-state index in [1.54, 1.807) is 6.92 Å². The van der Waals surface area contributed by atoms with Crippen LogP contribution in [0.5, 0.6) is 5.75 Å². The molecule has 2 rings (SSSR count). The maximum Gasteiger partial charge on any atom is 0.224 e. The first kappa shape index (κ1) is 19.7. The van der Waals surface area contributed by atoms with E-state index in [1.807, 2.05) is 38.1 Å². The maximum atomic E-state index is 12.5. The standard InChI is InChI=1S/C18H28N2O4S/c1-4-25(22,23)20-11-7-9-16(12-20)18(21)19-15(3)13-24-17-10-6-5-8-14(17)2/h5-6,8,10,15-16H,4,7,9,11-13H2,1-3H3,(H,19,21)/t15-,16-/m0/s1. The van der Waals surface area contributed by atoms with Gasteiger partial charge in [-0.2, -0.15) is 0 Å². The lowest BCUT2D eigenvalue weighted by Crippen LogP contribution is -2.48. The van der Waals surface area contributed by atoms with Crippen LogP contribution in [-0.2, 0) is 14.8 Å². The number of nitrogens with one attached hydrogen (secondary N) is 1. The zero-order valence-electron chi connectivity index (χ0n) is 15.2. The van der Waals surface area contributed by atoms with Gasteiger partial charge in [0.1, 0.15) is 12.4 Å². The van der Waals surface area contributed by atoms with Crippen molar-refractivity contribution >= 4 is 15.9 Å². The van der Waals surface area contributed by atoms with Crippen LogP contribution < -0.4 is 10.1 Å². The molecule has 1 saturated heterocycles. The average Bonchev–Trinajstić information content (AvgIpc) is 2.61. The highest BCUT2D eigenvalue weighted by Crippen LogP contribution is 2.20. The summed E-state index contributed by atoms with van der Waals surface area (Å²) in [5.41, 5.74) is 1.05. The van der Waals surface area contributed by atoms with Crippen molar-refractivity contribution in [1.82, 2.24) is 9.62 Å². The minimum Gasteiger partial charge on any atom is -0.491 e. The molecule has 1 heterocycles. The van der Waals surface area contributed by atoms with Crippen LogP contribution in [0.3, 0.4) is 0 Å². The fourth-order valence-electron chi connectivity index (χ4n) is 2.93. The van der Waals surface area contributed by atoms with Crippen molar-refractivity contribution in [3.63, 3.8) is 0 Å². The van der Waals surface area contributed by atoms with Gasteiger partial charge in [0.05, 0.1) is 17.7 Å². The molecule has 1 aromatic rings. The summed E-state index contributed by atoms with van der Waals surface area (Å²) in [7, 11) is -3.24. The zero-order valence-corrected chi connectivity index (χ0v) is 16.0. The predicted molar refractivity (Wildman–Crippen MR) is 98.0 cm³/mol. The summed E-state index contributed by atoms with van der Waals surface area (Å²) < 4.78 is 31.2. The third kappa shape index (κ3) is 5.44. The summed E-state index contributed by atoms with van der Waals surface area (Å²) >= 11 is 0. The van der Waals surface area contributed by atoms with E-state index >= 15 is 0 Å². The van der Waals surface area contributed by atoms with Crippen LogP contribution in [0, 0.1) is 12.8 Å². The Hall–Kier alpha value is -1.60. The van der Waals surface area contributed by atoms with Crippen LogP contribution in [0.15, 0.2) is 24.3 Å². The van der Waals surface area contributed by atoms with Gasteiger partial charge in [0.2, 0.25) is 15.9 Å². The number of hydrogen-bond donors (Lipinski definition) is 1. The first-order valence-corrected chi connectivity index (χ1v) is 10.4. The van der Waals surface area contributed by atoms with Crippen LogP contribution in [-0.4, -0.2) is 50.1 Å². The predicted octanol–water partition coefficient (Wildman–Crippen LogP) is 1.94. The molecule has 1 aromatic carbocycles. The topological polar surface area (TPSA) is 75.7 Å². The molecule has 0 spiro atoms. The lowest BCUT2D eigenvalue weighted by atomic mass is 9.98. The van der Waals surface area contributed by atoms with Crippen LogP contribution in [0.25, 0.3) is 0 Å². The highest BCUT2D eigenvalue weighted by molar-refractivity contribution is 7.89. The van der Waals surface area contributed by atoms with Crippen LogP contribution >= 0.6 is 0 Å². The van der Waals surface area contributed by atoms with Crippen molar-refractivity contribution in [3.8, 4) is 5.75 Å². The lowest BCUT2D eigenvalue weighted by molar-refractivity contribution is -0.126. The third-order valence-electron chi connectivity index (χ3n) is 4.48. The van der Waals surface area contributed by atoms with Crippen LogP contribution in [0.1, 0.15) is 32.3 Å². The SMILES string of the molecule is CCS(=O)(=O)N1CCC[C@H](C(=O)N[C@@H](C)COc2ccccc2C)C1. The van der Waals surface area contributed by atoms with Gasteiger partial charge >= 0.3 is 0 Å².